The Morgan fingerprint density at radius 2 is 2.35 bits per heavy atom. The number of ether oxygens (including phenoxy) is 1. The highest BCUT2D eigenvalue weighted by atomic mass is 35.5. The van der Waals surface area contributed by atoms with Crippen molar-refractivity contribution in [3.8, 4) is 0 Å². The van der Waals surface area contributed by atoms with E-state index in [-0.39, 0.29) is 29.2 Å². The van der Waals surface area contributed by atoms with Crippen LogP contribution in [0, 0.1) is 11.7 Å². The van der Waals surface area contributed by atoms with Gasteiger partial charge in [0.15, 0.2) is 0 Å². The maximum absolute atomic E-state index is 13.6. The quantitative estimate of drug-likeness (QED) is 0.831. The molecule has 1 fully saturated rings. The SMILES string of the molecule is CC1CC(C(=O)Cc2cccc(Cl)c2F)CO1. The Bertz CT molecular complexity index is 433. The first kappa shape index (κ1) is 12.5. The van der Waals surface area contributed by atoms with Crippen molar-refractivity contribution in [1.29, 1.82) is 0 Å². The lowest BCUT2D eigenvalue weighted by atomic mass is 9.95. The van der Waals surface area contributed by atoms with Gasteiger partial charge >= 0.3 is 0 Å². The maximum atomic E-state index is 13.6. The Balaban J connectivity index is 2.06. The largest absolute Gasteiger partial charge is 0.378 e. The van der Waals surface area contributed by atoms with Gasteiger partial charge in [0.1, 0.15) is 11.6 Å². The Morgan fingerprint density at radius 1 is 1.59 bits per heavy atom. The van der Waals surface area contributed by atoms with Gasteiger partial charge in [0.2, 0.25) is 0 Å². The van der Waals surface area contributed by atoms with Gasteiger partial charge in [-0.3, -0.25) is 4.79 Å². The molecule has 0 amide bonds. The molecule has 1 aliphatic rings. The van der Waals surface area contributed by atoms with Gasteiger partial charge in [0.05, 0.1) is 17.7 Å². The second-order valence-electron chi connectivity index (χ2n) is 4.43. The van der Waals surface area contributed by atoms with Crippen molar-refractivity contribution in [2.75, 3.05) is 6.61 Å². The summed E-state index contributed by atoms with van der Waals surface area (Å²) in [5.74, 6) is -0.576. The average molecular weight is 257 g/mol. The molecule has 0 radical (unpaired) electrons. The Hall–Kier alpha value is -0.930. The van der Waals surface area contributed by atoms with Crippen LogP contribution in [0.5, 0.6) is 0 Å². The third-order valence-corrected chi connectivity index (χ3v) is 3.34. The molecule has 17 heavy (non-hydrogen) atoms. The molecule has 1 aromatic rings. The predicted octanol–water partition coefficient (Wildman–Crippen LogP) is 3.02. The molecular weight excluding hydrogens is 243 g/mol. The molecule has 0 saturated carbocycles. The van der Waals surface area contributed by atoms with Gasteiger partial charge in [-0.1, -0.05) is 23.7 Å². The average Bonchev–Trinajstić information content (AvgIpc) is 2.72. The van der Waals surface area contributed by atoms with Gasteiger partial charge in [0, 0.05) is 12.3 Å². The van der Waals surface area contributed by atoms with Crippen LogP contribution in [0.3, 0.4) is 0 Å². The lowest BCUT2D eigenvalue weighted by molar-refractivity contribution is -0.122. The Morgan fingerprint density at radius 3 is 3.00 bits per heavy atom. The van der Waals surface area contributed by atoms with Gasteiger partial charge in [-0.05, 0) is 25.0 Å². The standard InChI is InChI=1S/C13H14ClFO2/c1-8-5-10(7-17-8)12(16)6-9-3-2-4-11(14)13(9)15/h2-4,8,10H,5-7H2,1H3. The van der Waals surface area contributed by atoms with E-state index in [1.54, 1.807) is 12.1 Å². The fraction of sp³-hybridized carbons (Fsp3) is 0.462. The minimum absolute atomic E-state index is 0.0236. The van der Waals surface area contributed by atoms with Crippen molar-refractivity contribution in [3.05, 3.63) is 34.6 Å². The summed E-state index contributed by atoms with van der Waals surface area (Å²) < 4.78 is 18.9. The van der Waals surface area contributed by atoms with Crippen LogP contribution in [0.4, 0.5) is 4.39 Å². The molecule has 1 aromatic carbocycles. The van der Waals surface area contributed by atoms with Crippen LogP contribution in [0.15, 0.2) is 18.2 Å². The zero-order valence-electron chi connectivity index (χ0n) is 9.58. The number of hydrogen-bond acceptors (Lipinski definition) is 2. The molecule has 0 N–H and O–H groups in total. The highest BCUT2D eigenvalue weighted by Crippen LogP contribution is 2.23. The van der Waals surface area contributed by atoms with Crippen LogP contribution in [0.1, 0.15) is 18.9 Å². The summed E-state index contributed by atoms with van der Waals surface area (Å²) in [6.07, 6.45) is 0.932. The van der Waals surface area contributed by atoms with Crippen LogP contribution in [-0.2, 0) is 16.0 Å². The summed E-state index contributed by atoms with van der Waals surface area (Å²) in [6, 6.07) is 4.73. The number of carbonyl (C=O) groups is 1. The van der Waals surface area contributed by atoms with Crippen LogP contribution in [-0.4, -0.2) is 18.5 Å². The van der Waals surface area contributed by atoms with E-state index in [0.29, 0.717) is 12.2 Å². The van der Waals surface area contributed by atoms with Crippen molar-refractivity contribution in [1.82, 2.24) is 0 Å². The van der Waals surface area contributed by atoms with Gasteiger partial charge in [-0.25, -0.2) is 4.39 Å². The number of benzene rings is 1. The number of ketones is 1. The van der Waals surface area contributed by atoms with Crippen molar-refractivity contribution in [2.45, 2.75) is 25.9 Å². The lowest BCUT2D eigenvalue weighted by Crippen LogP contribution is -2.17. The van der Waals surface area contributed by atoms with Gasteiger partial charge in [-0.2, -0.15) is 0 Å². The van der Waals surface area contributed by atoms with Crippen molar-refractivity contribution in [3.63, 3.8) is 0 Å². The minimum atomic E-state index is -0.491. The predicted molar refractivity (Wildman–Crippen MR) is 63.6 cm³/mol. The monoisotopic (exact) mass is 256 g/mol. The molecule has 2 nitrogen and oxygen atoms in total. The summed E-state index contributed by atoms with van der Waals surface area (Å²) in [5.41, 5.74) is 0.363. The fourth-order valence-electron chi connectivity index (χ4n) is 2.06. The maximum Gasteiger partial charge on any atom is 0.145 e. The first-order chi connectivity index (χ1) is 8.08. The summed E-state index contributed by atoms with van der Waals surface area (Å²) in [6.45, 7) is 2.38. The molecule has 2 atom stereocenters. The van der Waals surface area contributed by atoms with E-state index >= 15 is 0 Å². The second-order valence-corrected chi connectivity index (χ2v) is 4.84. The molecule has 4 heteroatoms. The number of hydrogen-bond donors (Lipinski definition) is 0. The zero-order chi connectivity index (χ0) is 12.4. The van der Waals surface area contributed by atoms with Crippen LogP contribution < -0.4 is 0 Å². The van der Waals surface area contributed by atoms with E-state index in [4.69, 9.17) is 16.3 Å². The number of carbonyl (C=O) groups excluding carboxylic acids is 1. The first-order valence-electron chi connectivity index (χ1n) is 5.65. The van der Waals surface area contributed by atoms with Crippen LogP contribution in [0.25, 0.3) is 0 Å². The normalized spacial score (nSPS) is 23.9. The van der Waals surface area contributed by atoms with Crippen molar-refractivity contribution in [2.24, 2.45) is 5.92 Å². The Kier molecular flexibility index (Phi) is 3.79. The molecule has 92 valence electrons. The van der Waals surface area contributed by atoms with Gasteiger partial charge < -0.3 is 4.74 Å². The highest BCUT2D eigenvalue weighted by molar-refractivity contribution is 6.30. The van der Waals surface area contributed by atoms with Gasteiger partial charge in [-0.15, -0.1) is 0 Å². The highest BCUT2D eigenvalue weighted by Gasteiger charge is 2.28. The van der Waals surface area contributed by atoms with E-state index in [9.17, 15) is 9.18 Å². The van der Waals surface area contributed by atoms with Crippen LogP contribution in [0.2, 0.25) is 5.02 Å². The Labute approximate surface area is 105 Å². The molecule has 2 rings (SSSR count). The summed E-state index contributed by atoms with van der Waals surface area (Å²) in [4.78, 5) is 11.9. The van der Waals surface area contributed by atoms with Gasteiger partial charge in [0.25, 0.3) is 0 Å². The minimum Gasteiger partial charge on any atom is -0.378 e. The van der Waals surface area contributed by atoms with Crippen molar-refractivity contribution < 1.29 is 13.9 Å². The molecule has 0 aromatic heterocycles. The molecule has 1 aliphatic heterocycles. The molecule has 0 aliphatic carbocycles. The lowest BCUT2D eigenvalue weighted by Gasteiger charge is -2.08. The van der Waals surface area contributed by atoms with Crippen molar-refractivity contribution >= 4 is 17.4 Å². The van der Waals surface area contributed by atoms with Crippen LogP contribution >= 0.6 is 11.6 Å². The van der Waals surface area contributed by atoms with E-state index in [2.05, 4.69) is 0 Å². The molecular formula is C13H14ClFO2. The summed E-state index contributed by atoms with van der Waals surface area (Å²) >= 11 is 5.67. The summed E-state index contributed by atoms with van der Waals surface area (Å²) in [5, 5.41) is 0.0614. The molecule has 0 spiro atoms. The third-order valence-electron chi connectivity index (χ3n) is 3.05. The molecule has 1 saturated heterocycles. The smallest absolute Gasteiger partial charge is 0.145 e. The number of Topliss-reactive ketones (excluding diaryl/α,β-unsaturated/α-hetero) is 1. The topological polar surface area (TPSA) is 26.3 Å². The number of rotatable bonds is 3. The fourth-order valence-corrected chi connectivity index (χ4v) is 2.25. The number of halogens is 2. The molecule has 0 bridgehead atoms. The zero-order valence-corrected chi connectivity index (χ0v) is 10.3. The molecule has 2 unspecified atom stereocenters. The van der Waals surface area contributed by atoms with E-state index in [0.717, 1.165) is 6.42 Å². The molecule has 1 heterocycles. The second kappa shape index (κ2) is 5.15. The summed E-state index contributed by atoms with van der Waals surface area (Å²) in [7, 11) is 0. The van der Waals surface area contributed by atoms with E-state index in [1.165, 1.54) is 6.07 Å². The van der Waals surface area contributed by atoms with E-state index < -0.39 is 5.82 Å². The first-order valence-corrected chi connectivity index (χ1v) is 6.03. The third kappa shape index (κ3) is 2.85. The van der Waals surface area contributed by atoms with E-state index in [1.807, 2.05) is 6.92 Å².